The van der Waals surface area contributed by atoms with Crippen molar-refractivity contribution in [3.05, 3.63) is 53.7 Å². The van der Waals surface area contributed by atoms with Crippen LogP contribution in [0.15, 0.2) is 41.3 Å². The van der Waals surface area contributed by atoms with Gasteiger partial charge in [-0.2, -0.15) is 0 Å². The van der Waals surface area contributed by atoms with E-state index in [1.165, 1.54) is 0 Å². The Morgan fingerprint density at radius 3 is 2.77 bits per heavy atom. The van der Waals surface area contributed by atoms with Gasteiger partial charge in [0, 0.05) is 31.9 Å². The molecule has 2 saturated heterocycles. The van der Waals surface area contributed by atoms with Crippen LogP contribution in [0.2, 0.25) is 0 Å². The van der Waals surface area contributed by atoms with E-state index in [2.05, 4.69) is 4.98 Å². The van der Waals surface area contributed by atoms with E-state index in [1.54, 1.807) is 24.7 Å². The Morgan fingerprint density at radius 1 is 1.31 bits per heavy atom. The number of aryl methyl sites for hydroxylation is 1. The van der Waals surface area contributed by atoms with Gasteiger partial charge in [-0.05, 0) is 43.5 Å². The lowest BCUT2D eigenvalue weighted by Gasteiger charge is -2.38. The van der Waals surface area contributed by atoms with E-state index in [0.717, 1.165) is 24.8 Å². The number of carbonyl (C=O) groups is 1. The summed E-state index contributed by atoms with van der Waals surface area (Å²) in [6.07, 6.45) is 7.83. The summed E-state index contributed by atoms with van der Waals surface area (Å²) >= 11 is 0. The molecule has 26 heavy (non-hydrogen) atoms. The largest absolute Gasteiger partial charge is 0.469 e. The van der Waals surface area contributed by atoms with Gasteiger partial charge in [0.05, 0.1) is 36.7 Å². The minimum absolute atomic E-state index is 0.0505. The summed E-state index contributed by atoms with van der Waals surface area (Å²) in [7, 11) is 0. The van der Waals surface area contributed by atoms with Crippen LogP contribution >= 0.6 is 0 Å². The average molecular weight is 356 g/mol. The fourth-order valence-corrected chi connectivity index (χ4v) is 3.85. The lowest BCUT2D eigenvalue weighted by Crippen LogP contribution is -2.46. The quantitative estimate of drug-likeness (QED) is 0.843. The first kappa shape index (κ1) is 17.2. The molecule has 1 amide bonds. The highest BCUT2D eigenvalue weighted by atomic mass is 16.6. The molecule has 0 aromatic carbocycles. The first-order chi connectivity index (χ1) is 12.7. The molecule has 2 fully saturated rings. The fourth-order valence-electron chi connectivity index (χ4n) is 3.85. The van der Waals surface area contributed by atoms with E-state index < -0.39 is 0 Å². The molecular weight excluding hydrogens is 332 g/mol. The maximum Gasteiger partial charge on any atom is 0.257 e. The molecule has 2 aromatic rings. The van der Waals surface area contributed by atoms with Gasteiger partial charge in [-0.3, -0.25) is 9.78 Å². The number of hydrogen-bond donors (Lipinski definition) is 0. The minimum atomic E-state index is -0.148. The van der Waals surface area contributed by atoms with Gasteiger partial charge in [0.2, 0.25) is 0 Å². The number of pyridine rings is 1. The van der Waals surface area contributed by atoms with Crippen LogP contribution in [0.25, 0.3) is 0 Å². The predicted octanol–water partition coefficient (Wildman–Crippen LogP) is 2.96. The van der Waals surface area contributed by atoms with Crippen molar-refractivity contribution < 1.29 is 18.7 Å². The molecule has 138 valence electrons. The molecule has 2 aliphatic rings. The number of hydrogen-bond acceptors (Lipinski definition) is 5. The lowest BCUT2D eigenvalue weighted by atomic mass is 9.87. The Hall–Kier alpha value is -2.18. The summed E-state index contributed by atoms with van der Waals surface area (Å²) in [4.78, 5) is 18.5. The molecule has 0 aliphatic carbocycles. The van der Waals surface area contributed by atoms with Crippen molar-refractivity contribution in [1.29, 1.82) is 0 Å². The molecule has 1 atom stereocenters. The van der Waals surface area contributed by atoms with Crippen molar-refractivity contribution in [1.82, 2.24) is 9.88 Å². The molecule has 0 bridgehead atoms. The molecule has 0 unspecified atom stereocenters. The Kier molecular flexibility index (Phi) is 4.78. The smallest absolute Gasteiger partial charge is 0.257 e. The minimum Gasteiger partial charge on any atom is -0.469 e. The number of ether oxygens (including phenoxy) is 2. The van der Waals surface area contributed by atoms with Crippen LogP contribution in [-0.4, -0.2) is 47.2 Å². The van der Waals surface area contributed by atoms with Gasteiger partial charge in [0.1, 0.15) is 5.76 Å². The van der Waals surface area contributed by atoms with Gasteiger partial charge < -0.3 is 18.8 Å². The summed E-state index contributed by atoms with van der Waals surface area (Å²) < 4.78 is 17.4. The van der Waals surface area contributed by atoms with Crippen LogP contribution in [0.3, 0.4) is 0 Å². The van der Waals surface area contributed by atoms with Crippen LogP contribution in [0.5, 0.6) is 0 Å². The molecule has 6 nitrogen and oxygen atoms in total. The monoisotopic (exact) mass is 356 g/mol. The van der Waals surface area contributed by atoms with Crippen LogP contribution < -0.4 is 0 Å². The summed E-state index contributed by atoms with van der Waals surface area (Å²) in [6.45, 7) is 4.45. The second-order valence-corrected chi connectivity index (χ2v) is 7.17. The van der Waals surface area contributed by atoms with E-state index in [-0.39, 0.29) is 17.6 Å². The fraction of sp³-hybridized carbons (Fsp3) is 0.500. The molecule has 6 heteroatoms. The highest BCUT2D eigenvalue weighted by Crippen LogP contribution is 2.37. The standard InChI is InChI=1S/C20H24N2O4/c1-15-18(4-11-24-15)19(23)22-9-5-20(6-10-22)12-17(14-26-20)25-13-16-2-7-21-8-3-16/h2-4,7-8,11,17H,5-6,9-10,12-14H2,1H3/t17-/m0/s1. The second kappa shape index (κ2) is 7.21. The number of carbonyl (C=O) groups excluding carboxylic acids is 1. The van der Waals surface area contributed by atoms with E-state index in [4.69, 9.17) is 13.9 Å². The molecule has 0 radical (unpaired) electrons. The highest BCUT2D eigenvalue weighted by Gasteiger charge is 2.44. The molecule has 0 saturated carbocycles. The molecule has 0 N–H and O–H groups in total. The van der Waals surface area contributed by atoms with Crippen molar-refractivity contribution in [2.24, 2.45) is 0 Å². The zero-order valence-corrected chi connectivity index (χ0v) is 15.0. The number of likely N-dealkylation sites (tertiary alicyclic amines) is 1. The van der Waals surface area contributed by atoms with E-state index in [0.29, 0.717) is 37.6 Å². The van der Waals surface area contributed by atoms with Gasteiger partial charge >= 0.3 is 0 Å². The maximum atomic E-state index is 12.6. The Labute approximate surface area is 153 Å². The van der Waals surface area contributed by atoms with Gasteiger partial charge in [0.15, 0.2) is 0 Å². The zero-order chi connectivity index (χ0) is 18.0. The molecule has 2 aliphatic heterocycles. The van der Waals surface area contributed by atoms with Crippen molar-refractivity contribution >= 4 is 5.91 Å². The Bertz CT molecular complexity index is 750. The first-order valence-electron chi connectivity index (χ1n) is 9.13. The SMILES string of the molecule is Cc1occc1C(=O)N1CCC2(CC1)C[C@H](OCc1ccncc1)CO2. The molecule has 1 spiro atoms. The average Bonchev–Trinajstić information content (AvgIpc) is 3.27. The van der Waals surface area contributed by atoms with E-state index in [9.17, 15) is 4.79 Å². The zero-order valence-electron chi connectivity index (χ0n) is 15.0. The summed E-state index contributed by atoms with van der Waals surface area (Å²) in [5.74, 6) is 0.728. The van der Waals surface area contributed by atoms with Gasteiger partial charge in [0.25, 0.3) is 5.91 Å². The topological polar surface area (TPSA) is 64.8 Å². The van der Waals surface area contributed by atoms with Gasteiger partial charge in [-0.1, -0.05) is 0 Å². The van der Waals surface area contributed by atoms with Crippen LogP contribution in [-0.2, 0) is 16.1 Å². The lowest BCUT2D eigenvalue weighted by molar-refractivity contribution is -0.0412. The Balaban J connectivity index is 1.29. The summed E-state index contributed by atoms with van der Waals surface area (Å²) in [6, 6.07) is 5.68. The molecule has 4 heterocycles. The third-order valence-electron chi connectivity index (χ3n) is 5.46. The highest BCUT2D eigenvalue weighted by molar-refractivity contribution is 5.95. The first-order valence-corrected chi connectivity index (χ1v) is 9.13. The van der Waals surface area contributed by atoms with Crippen LogP contribution in [0, 0.1) is 6.92 Å². The van der Waals surface area contributed by atoms with Crippen molar-refractivity contribution in [2.45, 2.75) is 44.5 Å². The predicted molar refractivity (Wildman–Crippen MR) is 94.7 cm³/mol. The van der Waals surface area contributed by atoms with Gasteiger partial charge in [-0.25, -0.2) is 0 Å². The second-order valence-electron chi connectivity index (χ2n) is 7.17. The van der Waals surface area contributed by atoms with Crippen LogP contribution in [0.4, 0.5) is 0 Å². The number of nitrogens with zero attached hydrogens (tertiary/aromatic N) is 2. The Morgan fingerprint density at radius 2 is 2.08 bits per heavy atom. The number of rotatable bonds is 4. The third kappa shape index (κ3) is 3.52. The molecule has 4 rings (SSSR count). The maximum absolute atomic E-state index is 12.6. The van der Waals surface area contributed by atoms with Gasteiger partial charge in [-0.15, -0.1) is 0 Å². The third-order valence-corrected chi connectivity index (χ3v) is 5.46. The number of aromatic nitrogens is 1. The number of furan rings is 1. The van der Waals surface area contributed by atoms with E-state index in [1.807, 2.05) is 24.0 Å². The van der Waals surface area contributed by atoms with E-state index >= 15 is 0 Å². The van der Waals surface area contributed by atoms with Crippen molar-refractivity contribution in [3.63, 3.8) is 0 Å². The molecule has 2 aromatic heterocycles. The summed E-state index contributed by atoms with van der Waals surface area (Å²) in [5.41, 5.74) is 1.63. The number of amides is 1. The van der Waals surface area contributed by atoms with Crippen molar-refractivity contribution in [2.75, 3.05) is 19.7 Å². The normalized spacial score (nSPS) is 22.0. The number of piperidine rings is 1. The molecular formula is C20H24N2O4. The summed E-state index contributed by atoms with van der Waals surface area (Å²) in [5, 5.41) is 0. The van der Waals surface area contributed by atoms with Crippen molar-refractivity contribution in [3.8, 4) is 0 Å². The van der Waals surface area contributed by atoms with Crippen LogP contribution in [0.1, 0.15) is 40.9 Å².